The van der Waals surface area contributed by atoms with E-state index in [1.165, 1.54) is 12.0 Å². The van der Waals surface area contributed by atoms with E-state index in [0.29, 0.717) is 5.92 Å². The second-order valence-electron chi connectivity index (χ2n) is 6.80. The van der Waals surface area contributed by atoms with Crippen LogP contribution in [0.1, 0.15) is 52.9 Å². The van der Waals surface area contributed by atoms with Gasteiger partial charge < -0.3 is 10.2 Å². The van der Waals surface area contributed by atoms with Gasteiger partial charge in [-0.1, -0.05) is 19.1 Å². The van der Waals surface area contributed by atoms with E-state index in [2.05, 4.69) is 20.4 Å². The number of aliphatic hydroxyl groups excluding tert-OH is 1. The average molecular weight is 238 g/mol. The second-order valence-corrected chi connectivity index (χ2v) is 6.80. The molecular formula is C15H26O2. The molecule has 0 aromatic heterocycles. The number of hydrogen-bond acceptors (Lipinski definition) is 2. The Hall–Kier alpha value is -0.340. The Morgan fingerprint density at radius 3 is 2.41 bits per heavy atom. The summed E-state index contributed by atoms with van der Waals surface area (Å²) in [5.41, 5.74) is 0.499. The summed E-state index contributed by atoms with van der Waals surface area (Å²) in [5.74, 6) is 0.721. The fourth-order valence-electron chi connectivity index (χ4n) is 4.05. The molecule has 2 aliphatic rings. The van der Waals surface area contributed by atoms with Crippen LogP contribution in [0.4, 0.5) is 0 Å². The lowest BCUT2D eigenvalue weighted by atomic mass is 9.52. The Balaban J connectivity index is 2.25. The first-order valence-corrected chi connectivity index (χ1v) is 6.83. The van der Waals surface area contributed by atoms with E-state index in [9.17, 15) is 10.2 Å². The Morgan fingerprint density at radius 2 is 1.82 bits per heavy atom. The van der Waals surface area contributed by atoms with Crippen LogP contribution in [-0.4, -0.2) is 21.9 Å². The largest absolute Gasteiger partial charge is 0.390 e. The lowest BCUT2D eigenvalue weighted by molar-refractivity contribution is -0.182. The van der Waals surface area contributed by atoms with E-state index in [0.717, 1.165) is 25.7 Å². The molecule has 0 radical (unpaired) electrons. The molecule has 0 aromatic rings. The van der Waals surface area contributed by atoms with E-state index < -0.39 is 11.7 Å². The maximum Gasteiger partial charge on any atom is 0.0910 e. The molecule has 2 fully saturated rings. The Kier molecular flexibility index (Phi) is 3.16. The monoisotopic (exact) mass is 238 g/mol. The molecular weight excluding hydrogens is 212 g/mol. The highest BCUT2D eigenvalue weighted by Crippen LogP contribution is 2.56. The molecule has 0 bridgehead atoms. The fourth-order valence-corrected chi connectivity index (χ4v) is 4.05. The first-order valence-electron chi connectivity index (χ1n) is 6.83. The van der Waals surface area contributed by atoms with Gasteiger partial charge >= 0.3 is 0 Å². The number of fused-ring (bicyclic) bond motifs is 1. The van der Waals surface area contributed by atoms with Crippen LogP contribution in [0.2, 0.25) is 0 Å². The predicted molar refractivity (Wildman–Crippen MR) is 69.6 cm³/mol. The molecule has 17 heavy (non-hydrogen) atoms. The first kappa shape index (κ1) is 13.1. The van der Waals surface area contributed by atoms with Gasteiger partial charge in [0.05, 0.1) is 11.7 Å². The highest BCUT2D eigenvalue weighted by atomic mass is 16.3. The van der Waals surface area contributed by atoms with Crippen molar-refractivity contribution in [3.8, 4) is 0 Å². The van der Waals surface area contributed by atoms with Crippen molar-refractivity contribution >= 4 is 0 Å². The van der Waals surface area contributed by atoms with Crippen molar-refractivity contribution in [3.05, 3.63) is 12.2 Å². The van der Waals surface area contributed by atoms with Crippen molar-refractivity contribution in [1.29, 1.82) is 0 Å². The number of rotatable bonds is 1. The quantitative estimate of drug-likeness (QED) is 0.690. The van der Waals surface area contributed by atoms with Crippen LogP contribution < -0.4 is 0 Å². The van der Waals surface area contributed by atoms with Crippen molar-refractivity contribution in [3.63, 3.8) is 0 Å². The van der Waals surface area contributed by atoms with Gasteiger partial charge in [0.1, 0.15) is 0 Å². The lowest BCUT2D eigenvalue weighted by Gasteiger charge is -2.56. The minimum absolute atomic E-state index is 0.203. The molecule has 0 unspecified atom stereocenters. The third kappa shape index (κ3) is 2.06. The number of hydrogen-bond donors (Lipinski definition) is 2. The molecule has 2 saturated carbocycles. The number of allylic oxidation sites excluding steroid dienone is 1. The standard InChI is InChI=1S/C15H26O2/c1-10(2)11-5-7-14(3)8-6-13(16)15(4,17)12(14)9-11/h11-13,16-17H,1,5-9H2,2-4H3/t11-,12+,13-,14-,15-/m0/s1. The van der Waals surface area contributed by atoms with Crippen molar-refractivity contribution in [2.75, 3.05) is 0 Å². The molecule has 0 amide bonds. The van der Waals surface area contributed by atoms with Gasteiger partial charge in [0.2, 0.25) is 0 Å². The molecule has 0 spiro atoms. The molecule has 0 heterocycles. The average Bonchev–Trinajstić information content (AvgIpc) is 2.24. The molecule has 0 aromatic carbocycles. The number of aliphatic hydroxyl groups is 2. The van der Waals surface area contributed by atoms with E-state index >= 15 is 0 Å². The smallest absolute Gasteiger partial charge is 0.0910 e. The van der Waals surface area contributed by atoms with Gasteiger partial charge in [0, 0.05) is 0 Å². The van der Waals surface area contributed by atoms with Crippen molar-refractivity contribution < 1.29 is 10.2 Å². The molecule has 2 N–H and O–H groups in total. The minimum atomic E-state index is -0.929. The summed E-state index contributed by atoms with van der Waals surface area (Å²) in [6.45, 7) is 10.3. The van der Waals surface area contributed by atoms with Crippen molar-refractivity contribution in [2.45, 2.75) is 64.6 Å². The summed E-state index contributed by atoms with van der Waals surface area (Å²) in [7, 11) is 0. The van der Waals surface area contributed by atoms with E-state index in [1.807, 2.05) is 6.92 Å². The second kappa shape index (κ2) is 4.10. The zero-order valence-corrected chi connectivity index (χ0v) is 11.4. The van der Waals surface area contributed by atoms with Crippen LogP contribution in [-0.2, 0) is 0 Å². The zero-order chi connectivity index (χ0) is 12.8. The first-order chi connectivity index (χ1) is 7.77. The highest BCUT2D eigenvalue weighted by Gasteiger charge is 2.54. The van der Waals surface area contributed by atoms with Gasteiger partial charge in [-0.25, -0.2) is 0 Å². The van der Waals surface area contributed by atoms with Gasteiger partial charge in [-0.15, -0.1) is 0 Å². The lowest BCUT2D eigenvalue weighted by Crippen LogP contribution is -2.58. The Bertz CT molecular complexity index is 316. The fraction of sp³-hybridized carbons (Fsp3) is 0.867. The van der Waals surface area contributed by atoms with Gasteiger partial charge in [-0.2, -0.15) is 0 Å². The summed E-state index contributed by atoms with van der Waals surface area (Å²) in [6, 6.07) is 0. The van der Waals surface area contributed by atoms with E-state index in [1.54, 1.807) is 0 Å². The van der Waals surface area contributed by atoms with Crippen LogP contribution >= 0.6 is 0 Å². The molecule has 2 nitrogen and oxygen atoms in total. The van der Waals surface area contributed by atoms with Gasteiger partial charge in [-0.05, 0) is 63.2 Å². The van der Waals surface area contributed by atoms with Crippen LogP contribution in [0.5, 0.6) is 0 Å². The van der Waals surface area contributed by atoms with Crippen LogP contribution in [0, 0.1) is 17.3 Å². The minimum Gasteiger partial charge on any atom is -0.390 e. The molecule has 2 heteroatoms. The molecule has 0 saturated heterocycles. The molecule has 2 rings (SSSR count). The molecule has 5 atom stereocenters. The maximum absolute atomic E-state index is 10.6. The molecule has 0 aliphatic heterocycles. The summed E-state index contributed by atoms with van der Waals surface area (Å²) < 4.78 is 0. The summed E-state index contributed by atoms with van der Waals surface area (Å²) in [6.07, 6.45) is 4.53. The highest BCUT2D eigenvalue weighted by molar-refractivity contribution is 5.09. The Morgan fingerprint density at radius 1 is 1.24 bits per heavy atom. The van der Waals surface area contributed by atoms with E-state index in [-0.39, 0.29) is 11.3 Å². The predicted octanol–water partition coefficient (Wildman–Crippen LogP) is 2.89. The zero-order valence-electron chi connectivity index (χ0n) is 11.4. The Labute approximate surface area is 105 Å². The summed E-state index contributed by atoms with van der Waals surface area (Å²) >= 11 is 0. The molecule has 2 aliphatic carbocycles. The topological polar surface area (TPSA) is 40.5 Å². The molecule has 98 valence electrons. The third-order valence-corrected chi connectivity index (χ3v) is 5.49. The third-order valence-electron chi connectivity index (χ3n) is 5.49. The van der Waals surface area contributed by atoms with Gasteiger partial charge in [0.25, 0.3) is 0 Å². The SMILES string of the molecule is C=C(C)[C@H]1CC[C@@]2(C)CC[C@H](O)[C@@](C)(O)[C@@H]2C1. The van der Waals surface area contributed by atoms with Crippen LogP contribution in [0.25, 0.3) is 0 Å². The van der Waals surface area contributed by atoms with Crippen molar-refractivity contribution in [1.82, 2.24) is 0 Å². The van der Waals surface area contributed by atoms with Crippen LogP contribution in [0.3, 0.4) is 0 Å². The van der Waals surface area contributed by atoms with Gasteiger partial charge in [0.15, 0.2) is 0 Å². The maximum atomic E-state index is 10.6. The normalized spacial score (nSPS) is 50.8. The van der Waals surface area contributed by atoms with Gasteiger partial charge in [-0.3, -0.25) is 0 Å². The van der Waals surface area contributed by atoms with Crippen molar-refractivity contribution in [2.24, 2.45) is 17.3 Å². The van der Waals surface area contributed by atoms with Crippen LogP contribution in [0.15, 0.2) is 12.2 Å². The summed E-state index contributed by atoms with van der Waals surface area (Å²) in [5, 5.41) is 20.7. The summed E-state index contributed by atoms with van der Waals surface area (Å²) in [4.78, 5) is 0. The van der Waals surface area contributed by atoms with E-state index in [4.69, 9.17) is 0 Å².